The maximum Gasteiger partial charge on any atom is 0.355 e. The molecule has 1 heterocycles. The third kappa shape index (κ3) is 2.09. The second kappa shape index (κ2) is 4.49. The van der Waals surface area contributed by atoms with Crippen LogP contribution in [-0.4, -0.2) is 49.3 Å². The van der Waals surface area contributed by atoms with Crippen LogP contribution in [-0.2, 0) is 0 Å². The Kier molecular flexibility index (Phi) is 3.27. The number of hydrogen-bond acceptors (Lipinski definition) is 5. The molecule has 9 heteroatoms. The highest BCUT2D eigenvalue weighted by molar-refractivity contribution is 6.12. The van der Waals surface area contributed by atoms with Gasteiger partial charge in [0.1, 0.15) is 5.56 Å². The zero-order valence-corrected chi connectivity index (χ0v) is 8.45. The molecule has 0 aliphatic carbocycles. The third-order valence-electron chi connectivity index (χ3n) is 1.94. The van der Waals surface area contributed by atoms with E-state index >= 15 is 0 Å². The van der Waals surface area contributed by atoms with Crippen LogP contribution in [0.25, 0.3) is 0 Å². The smallest absolute Gasteiger partial charge is 0.355 e. The van der Waals surface area contributed by atoms with Crippen LogP contribution in [0.1, 0.15) is 41.6 Å². The number of nitrogens with zero attached hydrogens (tertiary/aromatic N) is 1. The van der Waals surface area contributed by atoms with E-state index in [0.717, 1.165) is 0 Å². The number of aromatic nitrogens is 1. The molecule has 0 amide bonds. The van der Waals surface area contributed by atoms with Gasteiger partial charge in [0.25, 0.3) is 0 Å². The fourth-order valence-electron chi connectivity index (χ4n) is 1.27. The maximum absolute atomic E-state index is 10.9. The average molecular weight is 255 g/mol. The second-order valence-electron chi connectivity index (χ2n) is 2.99. The first-order valence-electron chi connectivity index (χ1n) is 4.23. The number of carboxylic acids is 4. The lowest BCUT2D eigenvalue weighted by Crippen LogP contribution is -2.20. The molecule has 0 aliphatic heterocycles. The molecule has 9 nitrogen and oxygen atoms in total. The molecular weight excluding hydrogens is 250 g/mol. The lowest BCUT2D eigenvalue weighted by atomic mass is 10.0. The summed E-state index contributed by atoms with van der Waals surface area (Å²) in [6.07, 6.45) is 0.488. The largest absolute Gasteiger partial charge is 0.478 e. The molecule has 18 heavy (non-hydrogen) atoms. The molecule has 0 saturated carbocycles. The molecule has 0 aliphatic rings. The SMILES string of the molecule is O=C(O)c1cnc(C(=O)O)c(C(=O)O)c1C(=O)O. The summed E-state index contributed by atoms with van der Waals surface area (Å²) in [5.74, 6) is -7.25. The van der Waals surface area contributed by atoms with E-state index in [1.807, 2.05) is 0 Å². The van der Waals surface area contributed by atoms with Crippen LogP contribution in [0.4, 0.5) is 0 Å². The van der Waals surface area contributed by atoms with Crippen molar-refractivity contribution < 1.29 is 39.6 Å². The van der Waals surface area contributed by atoms with Crippen LogP contribution in [0.15, 0.2) is 6.20 Å². The van der Waals surface area contributed by atoms with Gasteiger partial charge in [0.05, 0.1) is 11.1 Å². The van der Waals surface area contributed by atoms with Crippen molar-refractivity contribution in [1.29, 1.82) is 0 Å². The molecule has 0 saturated heterocycles. The Morgan fingerprint density at radius 2 is 1.28 bits per heavy atom. The van der Waals surface area contributed by atoms with Crippen LogP contribution < -0.4 is 0 Å². The van der Waals surface area contributed by atoms with Crippen molar-refractivity contribution in [3.8, 4) is 0 Å². The van der Waals surface area contributed by atoms with E-state index in [9.17, 15) is 19.2 Å². The van der Waals surface area contributed by atoms with Gasteiger partial charge in [-0.2, -0.15) is 0 Å². The topological polar surface area (TPSA) is 162 Å². The van der Waals surface area contributed by atoms with Crippen molar-refractivity contribution in [2.75, 3.05) is 0 Å². The molecule has 0 aromatic carbocycles. The minimum atomic E-state index is -1.89. The molecule has 1 aromatic rings. The van der Waals surface area contributed by atoms with E-state index in [1.165, 1.54) is 0 Å². The van der Waals surface area contributed by atoms with Gasteiger partial charge in [0.2, 0.25) is 0 Å². The van der Waals surface area contributed by atoms with Gasteiger partial charge in [-0.3, -0.25) is 0 Å². The highest BCUT2D eigenvalue weighted by atomic mass is 16.4. The molecule has 0 radical (unpaired) electrons. The lowest BCUT2D eigenvalue weighted by molar-refractivity contribution is 0.0615. The Bertz CT molecular complexity index is 525. The molecule has 0 unspecified atom stereocenters. The van der Waals surface area contributed by atoms with Gasteiger partial charge in [-0.1, -0.05) is 0 Å². The van der Waals surface area contributed by atoms with Gasteiger partial charge in [-0.25, -0.2) is 24.2 Å². The predicted molar refractivity (Wildman–Crippen MR) is 52.1 cm³/mol. The molecule has 94 valence electrons. The van der Waals surface area contributed by atoms with Crippen molar-refractivity contribution in [2.24, 2.45) is 0 Å². The Balaban J connectivity index is 3.82. The Morgan fingerprint density at radius 1 is 0.778 bits per heavy atom. The number of pyridine rings is 1. The van der Waals surface area contributed by atoms with Crippen molar-refractivity contribution in [3.63, 3.8) is 0 Å². The first-order valence-corrected chi connectivity index (χ1v) is 4.23. The van der Waals surface area contributed by atoms with E-state index in [2.05, 4.69) is 4.98 Å². The van der Waals surface area contributed by atoms with Gasteiger partial charge in [0, 0.05) is 6.20 Å². The monoisotopic (exact) mass is 255 g/mol. The summed E-state index contributed by atoms with van der Waals surface area (Å²) in [6, 6.07) is 0. The Labute approximate surface area is 97.9 Å². The normalized spacial score (nSPS) is 9.78. The fourth-order valence-corrected chi connectivity index (χ4v) is 1.27. The predicted octanol–water partition coefficient (Wildman–Crippen LogP) is -0.126. The first kappa shape index (κ1) is 13.1. The number of hydrogen-bond donors (Lipinski definition) is 4. The minimum absolute atomic E-state index is 0.488. The molecular formula is C9H5NO8. The van der Waals surface area contributed by atoms with Gasteiger partial charge < -0.3 is 20.4 Å². The lowest BCUT2D eigenvalue weighted by Gasteiger charge is -2.07. The quantitative estimate of drug-likeness (QED) is 0.573. The van der Waals surface area contributed by atoms with Crippen molar-refractivity contribution in [2.45, 2.75) is 0 Å². The average Bonchev–Trinajstić information content (AvgIpc) is 2.26. The number of rotatable bonds is 4. The van der Waals surface area contributed by atoms with Crippen molar-refractivity contribution in [3.05, 3.63) is 28.6 Å². The number of carboxylic acid groups (broad SMARTS) is 4. The van der Waals surface area contributed by atoms with Crippen LogP contribution in [0.3, 0.4) is 0 Å². The number of aromatic carboxylic acids is 4. The molecule has 0 bridgehead atoms. The van der Waals surface area contributed by atoms with Crippen LogP contribution >= 0.6 is 0 Å². The van der Waals surface area contributed by atoms with Gasteiger partial charge in [-0.05, 0) is 0 Å². The summed E-state index contributed by atoms with van der Waals surface area (Å²) in [6.45, 7) is 0. The fraction of sp³-hybridized carbons (Fsp3) is 0. The van der Waals surface area contributed by atoms with Gasteiger partial charge in [0.15, 0.2) is 5.69 Å². The van der Waals surface area contributed by atoms with Crippen LogP contribution in [0.2, 0.25) is 0 Å². The van der Waals surface area contributed by atoms with Crippen molar-refractivity contribution in [1.82, 2.24) is 4.98 Å². The minimum Gasteiger partial charge on any atom is -0.478 e. The van der Waals surface area contributed by atoms with E-state index in [1.54, 1.807) is 0 Å². The second-order valence-corrected chi connectivity index (χ2v) is 2.99. The Morgan fingerprint density at radius 3 is 1.61 bits per heavy atom. The molecule has 1 aromatic heterocycles. The molecule has 0 spiro atoms. The summed E-state index contributed by atoms with van der Waals surface area (Å²) in [7, 11) is 0. The summed E-state index contributed by atoms with van der Waals surface area (Å²) in [5.41, 5.74) is -4.23. The van der Waals surface area contributed by atoms with E-state index in [-0.39, 0.29) is 0 Å². The highest BCUT2D eigenvalue weighted by Crippen LogP contribution is 2.18. The standard InChI is InChI=1S/C9H5NO8/c11-6(12)2-1-10-5(9(17)18)4(8(15)16)3(2)7(13)14/h1H,(H,11,12)(H,13,14)(H,15,16)(H,17,18). The summed E-state index contributed by atoms with van der Waals surface area (Å²) >= 11 is 0. The highest BCUT2D eigenvalue weighted by Gasteiger charge is 2.30. The van der Waals surface area contributed by atoms with Gasteiger partial charge >= 0.3 is 23.9 Å². The van der Waals surface area contributed by atoms with Crippen molar-refractivity contribution >= 4 is 23.9 Å². The molecule has 0 atom stereocenters. The summed E-state index contributed by atoms with van der Waals surface area (Å²) < 4.78 is 0. The van der Waals surface area contributed by atoms with Gasteiger partial charge in [-0.15, -0.1) is 0 Å². The van der Waals surface area contributed by atoms with Crippen LogP contribution in [0, 0.1) is 0 Å². The molecule has 1 rings (SSSR count). The molecule has 4 N–H and O–H groups in total. The third-order valence-corrected chi connectivity index (χ3v) is 1.94. The number of carbonyl (C=O) groups is 4. The summed E-state index contributed by atoms with van der Waals surface area (Å²) in [4.78, 5) is 46.3. The summed E-state index contributed by atoms with van der Waals surface area (Å²) in [5, 5.41) is 35.0. The first-order chi connectivity index (χ1) is 8.27. The zero-order valence-electron chi connectivity index (χ0n) is 8.45. The van der Waals surface area contributed by atoms with E-state index in [4.69, 9.17) is 20.4 Å². The van der Waals surface area contributed by atoms with E-state index in [0.29, 0.717) is 6.20 Å². The maximum atomic E-state index is 10.9. The van der Waals surface area contributed by atoms with Crippen LogP contribution in [0.5, 0.6) is 0 Å². The zero-order chi connectivity index (χ0) is 14.0. The van der Waals surface area contributed by atoms with E-state index < -0.39 is 46.3 Å². The Hall–Kier alpha value is -2.97. The molecule has 0 fully saturated rings.